The molecule has 4 rings (SSSR count). The molecule has 6 nitrogen and oxygen atoms in total. The molecule has 7 heteroatoms. The van der Waals surface area contributed by atoms with Crippen molar-refractivity contribution in [2.75, 3.05) is 24.5 Å². The van der Waals surface area contributed by atoms with Crippen LogP contribution >= 0.6 is 22.6 Å². The quantitative estimate of drug-likeness (QED) is 0.491. The van der Waals surface area contributed by atoms with Gasteiger partial charge in [0.1, 0.15) is 6.54 Å². The highest BCUT2D eigenvalue weighted by atomic mass is 127. The summed E-state index contributed by atoms with van der Waals surface area (Å²) in [5, 5.41) is 0. The minimum Gasteiger partial charge on any atom is -0.338 e. The number of imide groups is 1. The van der Waals surface area contributed by atoms with Gasteiger partial charge in [-0.3, -0.25) is 9.59 Å². The Morgan fingerprint density at radius 2 is 1.57 bits per heavy atom. The maximum absolute atomic E-state index is 12.8. The first-order valence-corrected chi connectivity index (χ1v) is 10.4. The fourth-order valence-electron chi connectivity index (χ4n) is 3.82. The number of para-hydroxylation sites is 1. The number of carbonyl (C=O) groups excluding carboxylic acids is 3. The van der Waals surface area contributed by atoms with Gasteiger partial charge in [-0.25, -0.2) is 9.69 Å². The third-order valence-electron chi connectivity index (χ3n) is 5.30. The number of halogens is 1. The highest BCUT2D eigenvalue weighted by molar-refractivity contribution is 14.1. The summed E-state index contributed by atoms with van der Waals surface area (Å²) >= 11 is 2.18. The zero-order valence-electron chi connectivity index (χ0n) is 15.3. The van der Waals surface area contributed by atoms with Crippen LogP contribution in [0.3, 0.4) is 0 Å². The molecule has 2 aromatic carbocycles. The SMILES string of the molecule is O=C(c1ccccc1I)N1CCC(N2CC(=O)N(c3ccccc3)C2=O)CC1. The summed E-state index contributed by atoms with van der Waals surface area (Å²) in [6, 6.07) is 16.3. The molecule has 0 bridgehead atoms. The molecule has 4 amide bonds. The molecular formula is C21H20IN3O3. The Kier molecular flexibility index (Phi) is 5.34. The number of urea groups is 1. The predicted octanol–water partition coefficient (Wildman–Crippen LogP) is 3.36. The Hall–Kier alpha value is -2.42. The van der Waals surface area contributed by atoms with E-state index in [2.05, 4.69) is 22.6 Å². The van der Waals surface area contributed by atoms with Gasteiger partial charge in [-0.1, -0.05) is 30.3 Å². The summed E-state index contributed by atoms with van der Waals surface area (Å²) in [5.41, 5.74) is 1.32. The van der Waals surface area contributed by atoms with Crippen LogP contribution in [0.25, 0.3) is 0 Å². The number of nitrogens with zero attached hydrogens (tertiary/aromatic N) is 3. The van der Waals surface area contributed by atoms with E-state index in [1.54, 1.807) is 17.0 Å². The van der Waals surface area contributed by atoms with Crippen LogP contribution < -0.4 is 4.90 Å². The van der Waals surface area contributed by atoms with E-state index in [0.29, 0.717) is 37.2 Å². The Morgan fingerprint density at radius 1 is 0.929 bits per heavy atom. The van der Waals surface area contributed by atoms with Gasteiger partial charge in [0.15, 0.2) is 0 Å². The number of rotatable bonds is 3. The largest absolute Gasteiger partial charge is 0.338 e. The minimum atomic E-state index is -0.265. The van der Waals surface area contributed by atoms with E-state index in [9.17, 15) is 14.4 Å². The van der Waals surface area contributed by atoms with Crippen LogP contribution in [0.15, 0.2) is 54.6 Å². The summed E-state index contributed by atoms with van der Waals surface area (Å²) in [6.07, 6.45) is 1.35. The number of amides is 4. The third kappa shape index (κ3) is 3.50. The van der Waals surface area contributed by atoms with Gasteiger partial charge in [0.25, 0.3) is 11.8 Å². The predicted molar refractivity (Wildman–Crippen MR) is 114 cm³/mol. The molecule has 2 heterocycles. The molecule has 0 radical (unpaired) electrons. The molecule has 2 aliphatic heterocycles. The van der Waals surface area contributed by atoms with Crippen LogP contribution in [0, 0.1) is 3.57 Å². The number of benzene rings is 2. The first-order valence-electron chi connectivity index (χ1n) is 9.28. The molecule has 144 valence electrons. The van der Waals surface area contributed by atoms with Gasteiger partial charge in [0.05, 0.1) is 11.3 Å². The molecule has 2 fully saturated rings. The van der Waals surface area contributed by atoms with E-state index in [4.69, 9.17) is 0 Å². The molecule has 0 atom stereocenters. The van der Waals surface area contributed by atoms with E-state index >= 15 is 0 Å². The smallest absolute Gasteiger partial charge is 0.332 e. The fraction of sp³-hybridized carbons (Fsp3) is 0.286. The second-order valence-corrected chi connectivity index (χ2v) is 8.14. The lowest BCUT2D eigenvalue weighted by Crippen LogP contribution is -2.48. The number of likely N-dealkylation sites (tertiary alicyclic amines) is 1. The Labute approximate surface area is 177 Å². The lowest BCUT2D eigenvalue weighted by atomic mass is 10.0. The molecule has 2 saturated heterocycles. The molecule has 28 heavy (non-hydrogen) atoms. The molecule has 0 unspecified atom stereocenters. The van der Waals surface area contributed by atoms with E-state index in [1.807, 2.05) is 47.4 Å². The normalized spacial score (nSPS) is 18.1. The summed E-state index contributed by atoms with van der Waals surface area (Å²) in [6.45, 7) is 1.26. The molecule has 0 spiro atoms. The van der Waals surface area contributed by atoms with Gasteiger partial charge >= 0.3 is 6.03 Å². The molecule has 0 aliphatic carbocycles. The van der Waals surface area contributed by atoms with Crippen molar-refractivity contribution in [2.45, 2.75) is 18.9 Å². The average Bonchev–Trinajstić information content (AvgIpc) is 3.02. The third-order valence-corrected chi connectivity index (χ3v) is 6.24. The van der Waals surface area contributed by atoms with Crippen molar-refractivity contribution in [3.8, 4) is 0 Å². The van der Waals surface area contributed by atoms with E-state index < -0.39 is 0 Å². The number of piperidine rings is 1. The van der Waals surface area contributed by atoms with Crippen molar-refractivity contribution < 1.29 is 14.4 Å². The van der Waals surface area contributed by atoms with E-state index in [0.717, 1.165) is 3.57 Å². The van der Waals surface area contributed by atoms with Crippen LogP contribution in [-0.4, -0.2) is 53.3 Å². The van der Waals surface area contributed by atoms with E-state index in [-0.39, 0.29) is 30.4 Å². The topological polar surface area (TPSA) is 60.9 Å². The van der Waals surface area contributed by atoms with Crippen LogP contribution in [0.4, 0.5) is 10.5 Å². The summed E-state index contributed by atoms with van der Waals surface area (Å²) in [7, 11) is 0. The molecule has 0 saturated carbocycles. The average molecular weight is 489 g/mol. The van der Waals surface area contributed by atoms with Crippen molar-refractivity contribution >= 4 is 46.1 Å². The lowest BCUT2D eigenvalue weighted by molar-refractivity contribution is -0.116. The van der Waals surface area contributed by atoms with Gasteiger partial charge in [-0.15, -0.1) is 0 Å². The van der Waals surface area contributed by atoms with Gasteiger partial charge in [0.2, 0.25) is 0 Å². The zero-order valence-corrected chi connectivity index (χ0v) is 17.4. The standard InChI is InChI=1S/C21H20IN3O3/c22-18-9-5-4-8-17(18)20(27)23-12-10-15(11-13-23)24-14-19(26)25(21(24)28)16-6-2-1-3-7-16/h1-9,15H,10-14H2. The minimum absolute atomic E-state index is 0.0240. The first-order chi connectivity index (χ1) is 13.6. The Morgan fingerprint density at radius 3 is 2.25 bits per heavy atom. The highest BCUT2D eigenvalue weighted by Crippen LogP contribution is 2.27. The second kappa shape index (κ2) is 7.90. The number of carbonyl (C=O) groups is 3. The lowest BCUT2D eigenvalue weighted by Gasteiger charge is -2.36. The maximum Gasteiger partial charge on any atom is 0.332 e. The maximum atomic E-state index is 12.8. The van der Waals surface area contributed by atoms with Gasteiger partial charge < -0.3 is 9.80 Å². The number of anilines is 1. The molecule has 2 aromatic rings. The van der Waals surface area contributed by atoms with Crippen LogP contribution in [0.2, 0.25) is 0 Å². The molecule has 0 aromatic heterocycles. The van der Waals surface area contributed by atoms with Crippen molar-refractivity contribution in [2.24, 2.45) is 0 Å². The van der Waals surface area contributed by atoms with Gasteiger partial charge in [-0.05, 0) is 59.7 Å². The monoisotopic (exact) mass is 489 g/mol. The summed E-state index contributed by atoms with van der Waals surface area (Å²) < 4.78 is 0.936. The Balaban J connectivity index is 1.42. The zero-order chi connectivity index (χ0) is 19.7. The van der Waals surface area contributed by atoms with Crippen LogP contribution in [0.5, 0.6) is 0 Å². The molecular weight excluding hydrogens is 469 g/mol. The van der Waals surface area contributed by atoms with Crippen molar-refractivity contribution in [3.05, 3.63) is 63.7 Å². The summed E-state index contributed by atoms with van der Waals surface area (Å²) in [5.74, 6) is -0.174. The van der Waals surface area contributed by atoms with Crippen LogP contribution in [-0.2, 0) is 4.79 Å². The van der Waals surface area contributed by atoms with Crippen LogP contribution in [0.1, 0.15) is 23.2 Å². The van der Waals surface area contributed by atoms with E-state index in [1.165, 1.54) is 4.90 Å². The summed E-state index contributed by atoms with van der Waals surface area (Å²) in [4.78, 5) is 42.8. The van der Waals surface area contributed by atoms with Crippen molar-refractivity contribution in [1.29, 1.82) is 0 Å². The Bertz CT molecular complexity index is 910. The van der Waals surface area contributed by atoms with Crippen molar-refractivity contribution in [1.82, 2.24) is 9.80 Å². The highest BCUT2D eigenvalue weighted by Gasteiger charge is 2.41. The fourth-order valence-corrected chi connectivity index (χ4v) is 4.44. The molecule has 0 N–H and O–H groups in total. The number of hydrogen-bond donors (Lipinski definition) is 0. The second-order valence-electron chi connectivity index (χ2n) is 6.98. The van der Waals surface area contributed by atoms with Gasteiger partial charge in [0, 0.05) is 22.7 Å². The number of hydrogen-bond acceptors (Lipinski definition) is 3. The molecule has 2 aliphatic rings. The van der Waals surface area contributed by atoms with Gasteiger partial charge in [-0.2, -0.15) is 0 Å². The van der Waals surface area contributed by atoms with Crippen molar-refractivity contribution in [3.63, 3.8) is 0 Å². The first kappa shape index (κ1) is 18.9.